The number of carboxylic acids is 1. The maximum atomic E-state index is 13.0. The second-order valence-electron chi connectivity index (χ2n) is 6.44. The zero-order valence-corrected chi connectivity index (χ0v) is 15.2. The molecule has 1 aromatic carbocycles. The summed E-state index contributed by atoms with van der Waals surface area (Å²) >= 11 is 5.90. The van der Waals surface area contributed by atoms with Gasteiger partial charge in [-0.15, -0.1) is 0 Å². The van der Waals surface area contributed by atoms with Gasteiger partial charge in [-0.3, -0.25) is 9.59 Å². The van der Waals surface area contributed by atoms with Crippen LogP contribution in [0.15, 0.2) is 30.6 Å². The van der Waals surface area contributed by atoms with Crippen molar-refractivity contribution in [2.24, 2.45) is 11.8 Å². The first-order valence-electron chi connectivity index (χ1n) is 8.58. The molecule has 0 spiro atoms. The number of nitrogens with one attached hydrogen (secondary N) is 1. The van der Waals surface area contributed by atoms with Gasteiger partial charge in [-0.05, 0) is 31.0 Å². The van der Waals surface area contributed by atoms with Crippen molar-refractivity contribution in [1.82, 2.24) is 9.78 Å². The SMILES string of the molecule is O=C(O)[C@H]1CCCC[C@@H]1C(=O)Nc1cnn(COc2ccc(F)cc2Cl)c1. The summed E-state index contributed by atoms with van der Waals surface area (Å²) in [6, 6.07) is 3.80. The summed E-state index contributed by atoms with van der Waals surface area (Å²) < 4.78 is 19.9. The summed E-state index contributed by atoms with van der Waals surface area (Å²) in [6.07, 6.45) is 5.75. The average molecular weight is 396 g/mol. The predicted molar refractivity (Wildman–Crippen MR) is 96.0 cm³/mol. The predicted octanol–water partition coefficient (Wildman–Crippen LogP) is 3.54. The van der Waals surface area contributed by atoms with Crippen molar-refractivity contribution in [3.8, 4) is 5.75 Å². The number of nitrogens with zero attached hydrogens (tertiary/aromatic N) is 2. The van der Waals surface area contributed by atoms with Crippen molar-refractivity contribution >= 4 is 29.2 Å². The van der Waals surface area contributed by atoms with Gasteiger partial charge in [0.05, 0.1) is 34.9 Å². The largest absolute Gasteiger partial charge is 0.481 e. The minimum atomic E-state index is -0.935. The van der Waals surface area contributed by atoms with Crippen LogP contribution in [0.25, 0.3) is 0 Å². The molecule has 27 heavy (non-hydrogen) atoms. The number of anilines is 1. The molecular formula is C18H19ClFN3O4. The molecule has 1 aliphatic carbocycles. The van der Waals surface area contributed by atoms with Crippen LogP contribution in [-0.4, -0.2) is 26.8 Å². The minimum absolute atomic E-state index is 0.0163. The van der Waals surface area contributed by atoms with Crippen LogP contribution in [0.1, 0.15) is 25.7 Å². The van der Waals surface area contributed by atoms with E-state index in [1.165, 1.54) is 23.0 Å². The van der Waals surface area contributed by atoms with E-state index in [1.54, 1.807) is 6.20 Å². The zero-order valence-electron chi connectivity index (χ0n) is 14.4. The second-order valence-corrected chi connectivity index (χ2v) is 6.85. The number of benzene rings is 1. The number of rotatable bonds is 6. The summed E-state index contributed by atoms with van der Waals surface area (Å²) in [5.74, 6) is -2.60. The van der Waals surface area contributed by atoms with Crippen LogP contribution in [0, 0.1) is 17.7 Å². The van der Waals surface area contributed by atoms with Gasteiger partial charge in [0.2, 0.25) is 5.91 Å². The Hall–Kier alpha value is -2.61. The first-order valence-corrected chi connectivity index (χ1v) is 8.96. The number of hydrogen-bond acceptors (Lipinski definition) is 4. The van der Waals surface area contributed by atoms with E-state index in [9.17, 15) is 19.1 Å². The van der Waals surface area contributed by atoms with Gasteiger partial charge in [-0.25, -0.2) is 9.07 Å². The lowest BCUT2D eigenvalue weighted by molar-refractivity contribution is -0.147. The fourth-order valence-corrected chi connectivity index (χ4v) is 3.42. The van der Waals surface area contributed by atoms with Gasteiger partial charge < -0.3 is 15.2 Å². The highest BCUT2D eigenvalue weighted by atomic mass is 35.5. The van der Waals surface area contributed by atoms with Gasteiger partial charge in [0, 0.05) is 0 Å². The smallest absolute Gasteiger partial charge is 0.307 e. The topological polar surface area (TPSA) is 93.5 Å². The van der Waals surface area contributed by atoms with Crippen LogP contribution < -0.4 is 10.1 Å². The molecule has 1 aromatic heterocycles. The molecule has 1 aliphatic rings. The first kappa shape index (κ1) is 19.2. The Labute approximate surface area is 160 Å². The van der Waals surface area contributed by atoms with Crippen LogP contribution >= 0.6 is 11.6 Å². The summed E-state index contributed by atoms with van der Waals surface area (Å²) in [4.78, 5) is 23.8. The molecule has 2 N–H and O–H groups in total. The monoisotopic (exact) mass is 395 g/mol. The van der Waals surface area contributed by atoms with Gasteiger partial charge in [0.25, 0.3) is 0 Å². The van der Waals surface area contributed by atoms with Crippen LogP contribution in [0.3, 0.4) is 0 Å². The maximum absolute atomic E-state index is 13.0. The quantitative estimate of drug-likeness (QED) is 0.780. The molecule has 3 rings (SSSR count). The molecule has 2 aromatic rings. The average Bonchev–Trinajstić information content (AvgIpc) is 3.08. The zero-order chi connectivity index (χ0) is 19.4. The Bertz CT molecular complexity index is 842. The van der Waals surface area contributed by atoms with Gasteiger partial charge >= 0.3 is 5.97 Å². The Balaban J connectivity index is 1.58. The fourth-order valence-electron chi connectivity index (χ4n) is 3.20. The number of halogens is 2. The lowest BCUT2D eigenvalue weighted by atomic mass is 9.78. The number of aliphatic carboxylic acids is 1. The molecule has 144 valence electrons. The molecule has 0 aliphatic heterocycles. The normalized spacial score (nSPS) is 19.5. The Kier molecular flexibility index (Phi) is 5.95. The van der Waals surface area contributed by atoms with Gasteiger partial charge in [0.1, 0.15) is 11.6 Å². The van der Waals surface area contributed by atoms with E-state index >= 15 is 0 Å². The Morgan fingerprint density at radius 2 is 2.07 bits per heavy atom. The molecule has 1 saturated carbocycles. The molecule has 9 heteroatoms. The molecule has 1 amide bonds. The third-order valence-corrected chi connectivity index (χ3v) is 4.86. The van der Waals surface area contributed by atoms with E-state index in [1.807, 2.05) is 0 Å². The highest BCUT2D eigenvalue weighted by Gasteiger charge is 2.35. The highest BCUT2D eigenvalue weighted by molar-refractivity contribution is 6.32. The summed E-state index contributed by atoms with van der Waals surface area (Å²) in [7, 11) is 0. The van der Waals surface area contributed by atoms with Crippen molar-refractivity contribution in [2.75, 3.05) is 5.32 Å². The van der Waals surface area contributed by atoms with E-state index in [4.69, 9.17) is 16.3 Å². The van der Waals surface area contributed by atoms with Crippen molar-refractivity contribution < 1.29 is 23.8 Å². The molecule has 2 atom stereocenters. The molecule has 0 radical (unpaired) electrons. The molecule has 0 saturated heterocycles. The molecule has 1 fully saturated rings. The summed E-state index contributed by atoms with van der Waals surface area (Å²) in [5, 5.41) is 16.2. The Morgan fingerprint density at radius 3 is 2.78 bits per heavy atom. The van der Waals surface area contributed by atoms with Crippen LogP contribution in [-0.2, 0) is 16.3 Å². The van der Waals surface area contributed by atoms with Gasteiger partial charge in [-0.2, -0.15) is 5.10 Å². The van der Waals surface area contributed by atoms with E-state index < -0.39 is 23.6 Å². The van der Waals surface area contributed by atoms with Crippen LogP contribution in [0.5, 0.6) is 5.75 Å². The standard InChI is InChI=1S/C18H19ClFN3O4/c19-15-7-11(20)5-6-16(15)27-10-23-9-12(8-21-23)22-17(24)13-3-1-2-4-14(13)18(25)26/h5-9,13-14H,1-4,10H2,(H,22,24)(H,25,26)/t13-,14-/m0/s1. The van der Waals surface area contributed by atoms with E-state index in [-0.39, 0.29) is 17.7 Å². The third kappa shape index (κ3) is 4.77. The molecule has 1 heterocycles. The number of carboxylic acid groups (broad SMARTS) is 1. The number of carbonyl (C=O) groups is 2. The molecular weight excluding hydrogens is 377 g/mol. The second kappa shape index (κ2) is 8.39. The van der Waals surface area contributed by atoms with Crippen molar-refractivity contribution in [3.63, 3.8) is 0 Å². The van der Waals surface area contributed by atoms with Gasteiger partial charge in [0.15, 0.2) is 6.73 Å². The van der Waals surface area contributed by atoms with Crippen molar-refractivity contribution in [1.29, 1.82) is 0 Å². The van der Waals surface area contributed by atoms with E-state index in [0.29, 0.717) is 24.3 Å². The number of aromatic nitrogens is 2. The summed E-state index contributed by atoms with van der Waals surface area (Å²) in [5.41, 5.74) is 0.448. The molecule has 0 unspecified atom stereocenters. The van der Waals surface area contributed by atoms with E-state index in [0.717, 1.165) is 18.9 Å². The fraction of sp³-hybridized carbons (Fsp3) is 0.389. The number of amides is 1. The minimum Gasteiger partial charge on any atom is -0.481 e. The van der Waals surface area contributed by atoms with E-state index in [2.05, 4.69) is 10.4 Å². The van der Waals surface area contributed by atoms with Crippen LogP contribution in [0.2, 0.25) is 5.02 Å². The number of ether oxygens (including phenoxy) is 1. The molecule has 7 nitrogen and oxygen atoms in total. The lowest BCUT2D eigenvalue weighted by Crippen LogP contribution is -2.35. The van der Waals surface area contributed by atoms with Crippen LogP contribution in [0.4, 0.5) is 10.1 Å². The first-order chi connectivity index (χ1) is 12.9. The van der Waals surface area contributed by atoms with Gasteiger partial charge in [-0.1, -0.05) is 24.4 Å². The van der Waals surface area contributed by atoms with Crippen molar-refractivity contribution in [3.05, 3.63) is 41.4 Å². The van der Waals surface area contributed by atoms with Crippen molar-refractivity contribution in [2.45, 2.75) is 32.4 Å². The third-order valence-electron chi connectivity index (χ3n) is 4.57. The highest BCUT2D eigenvalue weighted by Crippen LogP contribution is 2.31. The number of carbonyl (C=O) groups excluding carboxylic acids is 1. The maximum Gasteiger partial charge on any atom is 0.307 e. The summed E-state index contributed by atoms with van der Waals surface area (Å²) in [6.45, 7) is 0.0163. The lowest BCUT2D eigenvalue weighted by Gasteiger charge is -2.27. The number of hydrogen-bond donors (Lipinski definition) is 2. The molecule has 0 bridgehead atoms. The Morgan fingerprint density at radius 1 is 1.33 bits per heavy atom.